The predicted molar refractivity (Wildman–Crippen MR) is 84.7 cm³/mol. The summed E-state index contributed by atoms with van der Waals surface area (Å²) in [5.74, 6) is 0. The van der Waals surface area contributed by atoms with Gasteiger partial charge >= 0.3 is 0 Å². The number of rotatable bonds is 4. The van der Waals surface area contributed by atoms with Crippen LogP contribution in [0.3, 0.4) is 0 Å². The number of aryl methyl sites for hydroxylation is 1. The lowest BCUT2D eigenvalue weighted by Gasteiger charge is -2.49. The van der Waals surface area contributed by atoms with Crippen molar-refractivity contribution in [1.29, 1.82) is 0 Å². The topological polar surface area (TPSA) is 46.2 Å². The van der Waals surface area contributed by atoms with Gasteiger partial charge in [-0.1, -0.05) is 51.5 Å². The van der Waals surface area contributed by atoms with Crippen LogP contribution in [0.4, 0.5) is 0 Å². The number of aliphatic hydroxyl groups is 1. The Kier molecular flexibility index (Phi) is 4.55. The van der Waals surface area contributed by atoms with Crippen molar-refractivity contribution in [3.05, 3.63) is 35.4 Å². The van der Waals surface area contributed by atoms with Crippen LogP contribution in [0.1, 0.15) is 51.2 Å². The van der Waals surface area contributed by atoms with E-state index in [1.54, 1.807) is 0 Å². The zero-order valence-electron chi connectivity index (χ0n) is 13.2. The van der Waals surface area contributed by atoms with E-state index < -0.39 is 0 Å². The van der Waals surface area contributed by atoms with E-state index in [9.17, 15) is 5.11 Å². The maximum Gasteiger partial charge on any atom is 0.0662 e. The van der Waals surface area contributed by atoms with Crippen molar-refractivity contribution in [1.82, 2.24) is 0 Å². The van der Waals surface area contributed by atoms with E-state index in [1.807, 2.05) is 0 Å². The van der Waals surface area contributed by atoms with Crippen molar-refractivity contribution in [2.45, 2.75) is 59.0 Å². The first-order valence-electron chi connectivity index (χ1n) is 7.89. The summed E-state index contributed by atoms with van der Waals surface area (Å²) >= 11 is 0. The third kappa shape index (κ3) is 2.91. The standard InChI is InChI=1S/C18H29NO/c1-4-14-6-8-15(9-7-14)12-18(13-19)11-5-10-17(2,3)16(18)20/h6-9,16,20H,4-5,10-13,19H2,1-3H3. The Hall–Kier alpha value is -0.860. The van der Waals surface area contributed by atoms with Crippen LogP contribution in [0.5, 0.6) is 0 Å². The van der Waals surface area contributed by atoms with Gasteiger partial charge in [-0.25, -0.2) is 0 Å². The molecule has 1 aromatic carbocycles. The molecule has 0 spiro atoms. The summed E-state index contributed by atoms with van der Waals surface area (Å²) in [4.78, 5) is 0. The van der Waals surface area contributed by atoms with Crippen molar-refractivity contribution in [3.63, 3.8) is 0 Å². The lowest BCUT2D eigenvalue weighted by Crippen LogP contribution is -2.53. The first-order valence-corrected chi connectivity index (χ1v) is 7.89. The molecule has 0 aliphatic heterocycles. The van der Waals surface area contributed by atoms with Crippen LogP contribution in [0, 0.1) is 10.8 Å². The van der Waals surface area contributed by atoms with Gasteiger partial charge < -0.3 is 10.8 Å². The zero-order chi connectivity index (χ0) is 14.8. The van der Waals surface area contributed by atoms with E-state index in [1.165, 1.54) is 11.1 Å². The summed E-state index contributed by atoms with van der Waals surface area (Å²) in [6.07, 6.45) is 4.91. The molecule has 2 unspecified atom stereocenters. The van der Waals surface area contributed by atoms with Crippen LogP contribution in [0.2, 0.25) is 0 Å². The van der Waals surface area contributed by atoms with Gasteiger partial charge in [-0.05, 0) is 42.2 Å². The Morgan fingerprint density at radius 2 is 1.75 bits per heavy atom. The minimum atomic E-state index is -0.320. The Bertz CT molecular complexity index is 437. The summed E-state index contributed by atoms with van der Waals surface area (Å²) < 4.78 is 0. The molecule has 3 N–H and O–H groups in total. The first-order chi connectivity index (χ1) is 9.43. The molecule has 2 heteroatoms. The molecule has 0 aromatic heterocycles. The van der Waals surface area contributed by atoms with E-state index in [0.717, 1.165) is 32.1 Å². The number of hydrogen-bond donors (Lipinski definition) is 2. The van der Waals surface area contributed by atoms with E-state index in [4.69, 9.17) is 5.73 Å². The first kappa shape index (κ1) is 15.5. The molecule has 2 atom stereocenters. The van der Waals surface area contributed by atoms with Crippen LogP contribution in [0.15, 0.2) is 24.3 Å². The van der Waals surface area contributed by atoms with Gasteiger partial charge in [0.05, 0.1) is 6.10 Å². The van der Waals surface area contributed by atoms with E-state index >= 15 is 0 Å². The predicted octanol–water partition coefficient (Wildman–Crippen LogP) is 3.31. The molecular weight excluding hydrogens is 246 g/mol. The highest BCUT2D eigenvalue weighted by Gasteiger charge is 2.47. The summed E-state index contributed by atoms with van der Waals surface area (Å²) in [5, 5.41) is 10.8. The van der Waals surface area contributed by atoms with Crippen LogP contribution in [-0.4, -0.2) is 17.8 Å². The third-order valence-electron chi connectivity index (χ3n) is 5.21. The molecule has 2 nitrogen and oxygen atoms in total. The lowest BCUT2D eigenvalue weighted by atomic mass is 9.59. The molecular formula is C18H29NO. The van der Waals surface area contributed by atoms with Gasteiger partial charge in [0.25, 0.3) is 0 Å². The summed E-state index contributed by atoms with van der Waals surface area (Å²) in [5.41, 5.74) is 8.57. The van der Waals surface area contributed by atoms with Crippen LogP contribution < -0.4 is 5.73 Å². The second kappa shape index (κ2) is 5.87. The van der Waals surface area contributed by atoms with Gasteiger partial charge in [-0.15, -0.1) is 0 Å². The van der Waals surface area contributed by atoms with Crippen LogP contribution in [0.25, 0.3) is 0 Å². The molecule has 1 fully saturated rings. The fourth-order valence-electron chi connectivity index (χ4n) is 3.77. The highest BCUT2D eigenvalue weighted by molar-refractivity contribution is 5.24. The van der Waals surface area contributed by atoms with Gasteiger partial charge in [0, 0.05) is 12.0 Å². The summed E-state index contributed by atoms with van der Waals surface area (Å²) in [7, 11) is 0. The molecule has 0 saturated heterocycles. The molecule has 1 aliphatic carbocycles. The van der Waals surface area contributed by atoms with E-state index in [0.29, 0.717) is 6.54 Å². The van der Waals surface area contributed by atoms with Crippen LogP contribution >= 0.6 is 0 Å². The fourth-order valence-corrected chi connectivity index (χ4v) is 3.77. The third-order valence-corrected chi connectivity index (χ3v) is 5.21. The van der Waals surface area contributed by atoms with Crippen molar-refractivity contribution in [2.75, 3.05) is 6.54 Å². The molecule has 1 aromatic rings. The summed E-state index contributed by atoms with van der Waals surface area (Å²) in [6.45, 7) is 7.07. The Morgan fingerprint density at radius 1 is 1.15 bits per heavy atom. The highest BCUT2D eigenvalue weighted by atomic mass is 16.3. The molecule has 1 saturated carbocycles. The molecule has 2 rings (SSSR count). The highest BCUT2D eigenvalue weighted by Crippen LogP contribution is 2.47. The number of nitrogens with two attached hydrogens (primary N) is 1. The molecule has 20 heavy (non-hydrogen) atoms. The van der Waals surface area contributed by atoms with Crippen molar-refractivity contribution in [2.24, 2.45) is 16.6 Å². The van der Waals surface area contributed by atoms with Gasteiger partial charge in [-0.2, -0.15) is 0 Å². The summed E-state index contributed by atoms with van der Waals surface area (Å²) in [6, 6.07) is 8.79. The zero-order valence-corrected chi connectivity index (χ0v) is 13.2. The van der Waals surface area contributed by atoms with Crippen molar-refractivity contribution in [3.8, 4) is 0 Å². The molecule has 1 aliphatic rings. The Morgan fingerprint density at radius 3 is 2.30 bits per heavy atom. The maximum absolute atomic E-state index is 10.8. The second-order valence-corrected chi connectivity index (χ2v) is 7.16. The van der Waals surface area contributed by atoms with Crippen molar-refractivity contribution >= 4 is 0 Å². The number of hydrogen-bond acceptors (Lipinski definition) is 2. The molecule has 0 amide bonds. The van der Waals surface area contributed by atoms with Gasteiger partial charge in [0.1, 0.15) is 0 Å². The Balaban J connectivity index is 2.22. The monoisotopic (exact) mass is 275 g/mol. The minimum Gasteiger partial charge on any atom is -0.392 e. The quantitative estimate of drug-likeness (QED) is 0.885. The number of benzene rings is 1. The van der Waals surface area contributed by atoms with Gasteiger partial charge in [0.2, 0.25) is 0 Å². The normalized spacial score (nSPS) is 29.4. The average molecular weight is 275 g/mol. The van der Waals surface area contributed by atoms with E-state index in [-0.39, 0.29) is 16.9 Å². The average Bonchev–Trinajstić information content (AvgIpc) is 2.45. The fraction of sp³-hybridized carbons (Fsp3) is 0.667. The number of aliphatic hydroxyl groups excluding tert-OH is 1. The molecule has 0 bridgehead atoms. The van der Waals surface area contributed by atoms with E-state index in [2.05, 4.69) is 45.0 Å². The smallest absolute Gasteiger partial charge is 0.0662 e. The van der Waals surface area contributed by atoms with Crippen molar-refractivity contribution < 1.29 is 5.11 Å². The lowest BCUT2D eigenvalue weighted by molar-refractivity contribution is -0.0884. The Labute approximate surface area is 123 Å². The van der Waals surface area contributed by atoms with Gasteiger partial charge in [-0.3, -0.25) is 0 Å². The molecule has 0 radical (unpaired) electrons. The largest absolute Gasteiger partial charge is 0.392 e. The maximum atomic E-state index is 10.8. The molecule has 112 valence electrons. The second-order valence-electron chi connectivity index (χ2n) is 7.16. The minimum absolute atomic E-state index is 0.0268. The SMILES string of the molecule is CCc1ccc(CC2(CN)CCCC(C)(C)C2O)cc1. The van der Waals surface area contributed by atoms with Crippen LogP contribution in [-0.2, 0) is 12.8 Å². The molecule has 0 heterocycles. The van der Waals surface area contributed by atoms with Gasteiger partial charge in [0.15, 0.2) is 0 Å².